The molecular formula is C20H23N5O2. The molecule has 0 aliphatic heterocycles. The number of nitrogens with zero attached hydrogens (tertiary/aromatic N) is 4. The zero-order valence-corrected chi connectivity index (χ0v) is 15.7. The highest BCUT2D eigenvalue weighted by Crippen LogP contribution is 2.40. The highest BCUT2D eigenvalue weighted by molar-refractivity contribution is 6.03. The van der Waals surface area contributed by atoms with Gasteiger partial charge in [-0.3, -0.25) is 4.79 Å². The number of anilines is 1. The number of amides is 1. The SMILES string of the molecule is COc1ccccc1-n1cc(C(=O)Nc2cc(C)nn2C(C)C2CC2)cn1. The van der Waals surface area contributed by atoms with Crippen LogP contribution in [0.1, 0.15) is 41.9 Å². The standard InChI is InChI=1S/C20H23N5O2/c1-13-10-19(25(23-13)14(2)15-8-9-15)22-20(26)16-11-21-24(12-16)17-6-4-5-7-18(17)27-3/h4-7,10-12,14-15H,8-9H2,1-3H3,(H,22,26). The summed E-state index contributed by atoms with van der Waals surface area (Å²) in [6.07, 6.45) is 5.70. The number of aromatic nitrogens is 4. The van der Waals surface area contributed by atoms with Crippen molar-refractivity contribution in [1.29, 1.82) is 0 Å². The van der Waals surface area contributed by atoms with Gasteiger partial charge in [0.25, 0.3) is 5.91 Å². The molecule has 7 nitrogen and oxygen atoms in total. The van der Waals surface area contributed by atoms with Crippen LogP contribution in [0, 0.1) is 12.8 Å². The molecule has 1 fully saturated rings. The highest BCUT2D eigenvalue weighted by Gasteiger charge is 2.31. The lowest BCUT2D eigenvalue weighted by molar-refractivity contribution is 0.102. The zero-order valence-electron chi connectivity index (χ0n) is 15.7. The summed E-state index contributed by atoms with van der Waals surface area (Å²) in [5, 5.41) is 11.9. The average Bonchev–Trinajstić information content (AvgIpc) is 3.29. The number of methoxy groups -OCH3 is 1. The zero-order chi connectivity index (χ0) is 19.0. The monoisotopic (exact) mass is 365 g/mol. The van der Waals surface area contributed by atoms with Gasteiger partial charge >= 0.3 is 0 Å². The van der Waals surface area contributed by atoms with E-state index >= 15 is 0 Å². The first-order chi connectivity index (χ1) is 13.1. The second-order valence-electron chi connectivity index (χ2n) is 6.99. The van der Waals surface area contributed by atoms with Crippen molar-refractivity contribution in [2.45, 2.75) is 32.7 Å². The van der Waals surface area contributed by atoms with Crippen LogP contribution < -0.4 is 10.1 Å². The van der Waals surface area contributed by atoms with Gasteiger partial charge in [-0.25, -0.2) is 9.36 Å². The number of ether oxygens (including phenoxy) is 1. The van der Waals surface area contributed by atoms with Crippen molar-refractivity contribution in [1.82, 2.24) is 19.6 Å². The van der Waals surface area contributed by atoms with E-state index in [1.54, 1.807) is 24.2 Å². The molecule has 7 heteroatoms. The minimum atomic E-state index is -0.208. The first-order valence-corrected chi connectivity index (χ1v) is 9.12. The van der Waals surface area contributed by atoms with E-state index in [0.29, 0.717) is 17.2 Å². The van der Waals surface area contributed by atoms with Crippen LogP contribution in [0.25, 0.3) is 5.69 Å². The molecule has 1 N–H and O–H groups in total. The number of hydrogen-bond acceptors (Lipinski definition) is 4. The molecule has 140 valence electrons. The van der Waals surface area contributed by atoms with Gasteiger partial charge in [0.1, 0.15) is 17.3 Å². The van der Waals surface area contributed by atoms with Crippen molar-refractivity contribution in [3.63, 3.8) is 0 Å². The Labute approximate surface area is 157 Å². The van der Waals surface area contributed by atoms with Crippen LogP contribution in [0.5, 0.6) is 5.75 Å². The summed E-state index contributed by atoms with van der Waals surface area (Å²) >= 11 is 0. The quantitative estimate of drug-likeness (QED) is 0.724. The molecule has 4 rings (SSSR count). The predicted octanol–water partition coefficient (Wildman–Crippen LogP) is 3.61. The third-order valence-electron chi connectivity index (χ3n) is 4.97. The lowest BCUT2D eigenvalue weighted by atomic mass is 10.2. The van der Waals surface area contributed by atoms with Crippen molar-refractivity contribution in [2.24, 2.45) is 5.92 Å². The second kappa shape index (κ2) is 6.90. The Morgan fingerprint density at radius 2 is 2.11 bits per heavy atom. The Kier molecular flexibility index (Phi) is 4.43. The number of rotatable bonds is 6. The van der Waals surface area contributed by atoms with E-state index in [2.05, 4.69) is 22.4 Å². The Balaban J connectivity index is 1.56. The van der Waals surface area contributed by atoms with Crippen molar-refractivity contribution in [3.8, 4) is 11.4 Å². The molecule has 1 aromatic carbocycles. The normalized spacial score (nSPS) is 14.8. The molecule has 27 heavy (non-hydrogen) atoms. The Bertz CT molecular complexity index is 970. The van der Waals surface area contributed by atoms with E-state index < -0.39 is 0 Å². The van der Waals surface area contributed by atoms with E-state index in [1.807, 2.05) is 41.9 Å². The molecule has 0 saturated heterocycles. The summed E-state index contributed by atoms with van der Waals surface area (Å²) in [4.78, 5) is 12.7. The Hall–Kier alpha value is -3.09. The van der Waals surface area contributed by atoms with Gasteiger partial charge < -0.3 is 10.1 Å². The largest absolute Gasteiger partial charge is 0.494 e. The fourth-order valence-corrected chi connectivity index (χ4v) is 3.28. The molecule has 1 aliphatic rings. The van der Waals surface area contributed by atoms with Crippen LogP contribution in [0.2, 0.25) is 0 Å². The van der Waals surface area contributed by atoms with Gasteiger partial charge in [0.15, 0.2) is 0 Å². The molecular weight excluding hydrogens is 342 g/mol. The van der Waals surface area contributed by atoms with Crippen molar-refractivity contribution < 1.29 is 9.53 Å². The smallest absolute Gasteiger partial charge is 0.260 e. The third-order valence-corrected chi connectivity index (χ3v) is 4.97. The van der Waals surface area contributed by atoms with Crippen LogP contribution in [0.3, 0.4) is 0 Å². The van der Waals surface area contributed by atoms with E-state index in [0.717, 1.165) is 17.2 Å². The molecule has 3 aromatic rings. The highest BCUT2D eigenvalue weighted by atomic mass is 16.5. The van der Waals surface area contributed by atoms with Crippen molar-refractivity contribution in [3.05, 3.63) is 54.0 Å². The topological polar surface area (TPSA) is 74.0 Å². The minimum Gasteiger partial charge on any atom is -0.494 e. The van der Waals surface area contributed by atoms with E-state index in [4.69, 9.17) is 4.74 Å². The molecule has 1 unspecified atom stereocenters. The van der Waals surface area contributed by atoms with Crippen molar-refractivity contribution >= 4 is 11.7 Å². The van der Waals surface area contributed by atoms with Gasteiger partial charge in [-0.1, -0.05) is 12.1 Å². The summed E-state index contributed by atoms with van der Waals surface area (Å²) in [6, 6.07) is 9.73. The average molecular weight is 365 g/mol. The van der Waals surface area contributed by atoms with Crippen LogP contribution >= 0.6 is 0 Å². The summed E-state index contributed by atoms with van der Waals surface area (Å²) in [5.74, 6) is 1.86. The van der Waals surface area contributed by atoms with Crippen LogP contribution in [0.15, 0.2) is 42.7 Å². The fraction of sp³-hybridized carbons (Fsp3) is 0.350. The molecule has 2 aromatic heterocycles. The predicted molar refractivity (Wildman–Crippen MR) is 102 cm³/mol. The van der Waals surface area contributed by atoms with Gasteiger partial charge in [-0.15, -0.1) is 0 Å². The summed E-state index contributed by atoms with van der Waals surface area (Å²) in [6.45, 7) is 4.09. The lowest BCUT2D eigenvalue weighted by Crippen LogP contribution is -2.18. The lowest BCUT2D eigenvalue weighted by Gasteiger charge is -2.15. The van der Waals surface area contributed by atoms with Crippen molar-refractivity contribution in [2.75, 3.05) is 12.4 Å². The number of benzene rings is 1. The van der Waals surface area contributed by atoms with E-state index in [1.165, 1.54) is 12.8 Å². The second-order valence-corrected chi connectivity index (χ2v) is 6.99. The molecule has 1 saturated carbocycles. The number of carbonyl (C=O) groups excluding carboxylic acids is 1. The molecule has 2 heterocycles. The van der Waals surface area contributed by atoms with E-state index in [-0.39, 0.29) is 11.9 Å². The van der Waals surface area contributed by atoms with Gasteiger partial charge in [-0.2, -0.15) is 10.2 Å². The number of aryl methyl sites for hydroxylation is 1. The first kappa shape index (κ1) is 17.3. The molecule has 1 aliphatic carbocycles. The van der Waals surface area contributed by atoms with Crippen LogP contribution in [0.4, 0.5) is 5.82 Å². The van der Waals surface area contributed by atoms with Gasteiger partial charge in [-0.05, 0) is 44.7 Å². The molecule has 0 spiro atoms. The minimum absolute atomic E-state index is 0.208. The number of hydrogen-bond donors (Lipinski definition) is 1. The summed E-state index contributed by atoms with van der Waals surface area (Å²) in [5.41, 5.74) is 2.15. The fourth-order valence-electron chi connectivity index (χ4n) is 3.28. The third kappa shape index (κ3) is 3.45. The Morgan fingerprint density at radius 3 is 2.85 bits per heavy atom. The van der Waals surface area contributed by atoms with Gasteiger partial charge in [0.2, 0.25) is 0 Å². The molecule has 1 amide bonds. The summed E-state index contributed by atoms with van der Waals surface area (Å²) < 4.78 is 8.93. The maximum atomic E-state index is 12.7. The number of para-hydroxylation sites is 2. The molecule has 0 radical (unpaired) electrons. The van der Waals surface area contributed by atoms with Crippen LogP contribution in [-0.4, -0.2) is 32.6 Å². The van der Waals surface area contributed by atoms with Gasteiger partial charge in [0.05, 0.1) is 30.6 Å². The van der Waals surface area contributed by atoms with Crippen LogP contribution in [-0.2, 0) is 0 Å². The molecule has 1 atom stereocenters. The maximum absolute atomic E-state index is 12.7. The first-order valence-electron chi connectivity index (χ1n) is 9.12. The maximum Gasteiger partial charge on any atom is 0.260 e. The number of carbonyl (C=O) groups is 1. The van der Waals surface area contributed by atoms with E-state index in [9.17, 15) is 4.79 Å². The number of nitrogens with one attached hydrogen (secondary N) is 1. The van der Waals surface area contributed by atoms with Gasteiger partial charge in [0, 0.05) is 12.3 Å². The Morgan fingerprint density at radius 1 is 1.33 bits per heavy atom. The molecule has 0 bridgehead atoms. The summed E-state index contributed by atoms with van der Waals surface area (Å²) in [7, 11) is 1.61.